The Morgan fingerprint density at radius 3 is 2.57 bits per heavy atom. The number of fused-ring (bicyclic) bond motifs is 1. The van der Waals surface area contributed by atoms with Crippen molar-refractivity contribution < 1.29 is 23.0 Å². The van der Waals surface area contributed by atoms with Gasteiger partial charge in [-0.05, 0) is 25.1 Å². The van der Waals surface area contributed by atoms with Gasteiger partial charge in [0.1, 0.15) is 0 Å². The highest BCUT2D eigenvalue weighted by atomic mass is 31.2. The van der Waals surface area contributed by atoms with Crippen molar-refractivity contribution >= 4 is 19.8 Å². The molecule has 0 fully saturated rings. The van der Waals surface area contributed by atoms with Crippen molar-refractivity contribution in [3.63, 3.8) is 0 Å². The Bertz CT molecular complexity index is 570. The number of hydrogen-bond donors (Lipinski definition) is 0. The highest BCUT2D eigenvalue weighted by Crippen LogP contribution is 2.52. The van der Waals surface area contributed by atoms with Gasteiger partial charge in [-0.25, -0.2) is 4.57 Å². The minimum Gasteiger partial charge on any atom is -0.300 e. The molecule has 1 aromatic carbocycles. The van der Waals surface area contributed by atoms with Crippen LogP contribution in [0.1, 0.15) is 25.5 Å². The van der Waals surface area contributed by atoms with E-state index in [9.17, 15) is 9.36 Å². The fraction of sp³-hybridized carbons (Fsp3) is 0.417. The predicted molar refractivity (Wildman–Crippen MR) is 73.5 cm³/mol. The van der Waals surface area contributed by atoms with Gasteiger partial charge in [-0.2, -0.15) is 0 Å². The Morgan fingerprint density at radius 1 is 1.29 bits per heavy atom. The second-order valence-corrected chi connectivity index (χ2v) is 5.57. The summed E-state index contributed by atoms with van der Waals surface area (Å²) < 4.78 is 27.5. The molecule has 1 unspecified atom stereocenters. The average molecular weight is 313 g/mol. The molecule has 0 saturated carbocycles. The topological polar surface area (TPSA) is 89.8 Å². The van der Waals surface area contributed by atoms with Crippen LogP contribution in [-0.4, -0.2) is 24.7 Å². The summed E-state index contributed by atoms with van der Waals surface area (Å²) in [4.78, 5) is 11.3. The number of carbonyl (C=O) groups excluding carboxylic acids is 1. The molecule has 0 aliphatic carbocycles. The van der Waals surface area contributed by atoms with Crippen molar-refractivity contribution in [3.05, 3.63) is 29.8 Å². The molecule has 8 nitrogen and oxygen atoms in total. The SMILES string of the molecule is CCOP(=O)(OCC)ON1N=Nc2ccccc2C1C=O. The smallest absolute Gasteiger partial charge is 0.300 e. The van der Waals surface area contributed by atoms with Gasteiger partial charge < -0.3 is 4.79 Å². The van der Waals surface area contributed by atoms with Gasteiger partial charge in [-0.3, -0.25) is 9.05 Å². The lowest BCUT2D eigenvalue weighted by Gasteiger charge is -2.28. The van der Waals surface area contributed by atoms with Gasteiger partial charge in [0.25, 0.3) is 0 Å². The Hall–Kier alpha value is -1.60. The zero-order valence-electron chi connectivity index (χ0n) is 11.7. The lowest BCUT2D eigenvalue weighted by molar-refractivity contribution is -0.146. The van der Waals surface area contributed by atoms with Crippen LogP contribution in [0.15, 0.2) is 34.6 Å². The summed E-state index contributed by atoms with van der Waals surface area (Å²) in [6.07, 6.45) is 0.624. The molecule has 21 heavy (non-hydrogen) atoms. The molecule has 1 aliphatic heterocycles. The van der Waals surface area contributed by atoms with Crippen LogP contribution in [0.25, 0.3) is 0 Å². The van der Waals surface area contributed by atoms with Gasteiger partial charge in [0.05, 0.1) is 18.9 Å². The van der Waals surface area contributed by atoms with E-state index in [-0.39, 0.29) is 13.2 Å². The molecule has 114 valence electrons. The first-order valence-corrected chi connectivity index (χ1v) is 7.93. The van der Waals surface area contributed by atoms with Crippen molar-refractivity contribution in [1.29, 1.82) is 0 Å². The zero-order chi connectivity index (χ0) is 15.3. The van der Waals surface area contributed by atoms with E-state index in [1.807, 2.05) is 0 Å². The number of rotatable bonds is 7. The van der Waals surface area contributed by atoms with Crippen molar-refractivity contribution in [3.8, 4) is 0 Å². The predicted octanol–water partition coefficient (Wildman–Crippen LogP) is 3.35. The molecular formula is C12H16N3O5P. The summed E-state index contributed by atoms with van der Waals surface area (Å²) in [5, 5.41) is 8.51. The summed E-state index contributed by atoms with van der Waals surface area (Å²) in [7, 11) is -3.84. The van der Waals surface area contributed by atoms with Crippen LogP contribution in [0.4, 0.5) is 5.69 Å². The third kappa shape index (κ3) is 3.54. The van der Waals surface area contributed by atoms with Gasteiger partial charge >= 0.3 is 7.82 Å². The van der Waals surface area contributed by atoms with E-state index in [0.717, 1.165) is 5.17 Å². The standard InChI is InChI=1S/C12H16N3O5P/c1-3-18-21(17,19-4-2)20-15-12(9-16)10-7-5-6-8-11(10)13-14-15/h5-9,12H,3-4H2,1-2H3. The number of carbonyl (C=O) groups is 1. The van der Waals surface area contributed by atoms with E-state index in [1.165, 1.54) is 0 Å². The van der Waals surface area contributed by atoms with Gasteiger partial charge in [0.15, 0.2) is 12.3 Å². The third-order valence-electron chi connectivity index (χ3n) is 2.62. The first-order chi connectivity index (χ1) is 10.1. The molecule has 0 N–H and O–H groups in total. The first-order valence-electron chi connectivity index (χ1n) is 6.47. The molecule has 0 radical (unpaired) electrons. The summed E-state index contributed by atoms with van der Waals surface area (Å²) in [5.41, 5.74) is 1.15. The lowest BCUT2D eigenvalue weighted by Crippen LogP contribution is -2.26. The summed E-state index contributed by atoms with van der Waals surface area (Å²) in [6.45, 7) is 3.56. The zero-order valence-corrected chi connectivity index (χ0v) is 12.6. The monoisotopic (exact) mass is 313 g/mol. The van der Waals surface area contributed by atoms with Crippen LogP contribution >= 0.6 is 7.82 Å². The molecule has 0 aromatic heterocycles. The Labute approximate surface area is 122 Å². The Kier molecular flexibility index (Phi) is 5.19. The maximum atomic E-state index is 12.3. The minimum absolute atomic E-state index is 0.130. The second kappa shape index (κ2) is 6.91. The molecule has 1 aromatic rings. The molecule has 0 saturated heterocycles. The van der Waals surface area contributed by atoms with E-state index in [0.29, 0.717) is 17.5 Å². The maximum absolute atomic E-state index is 12.3. The first kappa shape index (κ1) is 15.8. The second-order valence-electron chi connectivity index (χ2n) is 4.00. The van der Waals surface area contributed by atoms with Crippen LogP contribution in [-0.2, 0) is 23.0 Å². The number of phosphoric acid groups is 1. The van der Waals surface area contributed by atoms with Gasteiger partial charge in [-0.1, -0.05) is 18.2 Å². The quantitative estimate of drug-likeness (QED) is 0.566. The highest BCUT2D eigenvalue weighted by Gasteiger charge is 2.36. The van der Waals surface area contributed by atoms with E-state index in [1.54, 1.807) is 38.1 Å². The van der Waals surface area contributed by atoms with Crippen molar-refractivity contribution in [2.45, 2.75) is 19.9 Å². The number of hydrogen-bond acceptors (Lipinski definition) is 8. The van der Waals surface area contributed by atoms with Crippen LogP contribution < -0.4 is 0 Å². The van der Waals surface area contributed by atoms with Crippen LogP contribution in [0.3, 0.4) is 0 Å². The van der Waals surface area contributed by atoms with Crippen LogP contribution in [0.2, 0.25) is 0 Å². The van der Waals surface area contributed by atoms with Crippen LogP contribution in [0.5, 0.6) is 0 Å². The molecule has 9 heteroatoms. The van der Waals surface area contributed by atoms with E-state index < -0.39 is 13.9 Å². The van der Waals surface area contributed by atoms with Gasteiger partial charge in [0, 0.05) is 5.56 Å². The molecule has 1 heterocycles. The molecule has 1 atom stereocenters. The Morgan fingerprint density at radius 2 is 1.95 bits per heavy atom. The molecule has 0 bridgehead atoms. The number of hydroxylamine groups is 1. The largest absolute Gasteiger partial charge is 0.497 e. The average Bonchev–Trinajstić information content (AvgIpc) is 2.47. The number of benzene rings is 1. The summed E-state index contributed by atoms with van der Waals surface area (Å²) in [5.74, 6) is 0. The maximum Gasteiger partial charge on any atom is 0.497 e. The number of aldehydes is 1. The van der Waals surface area contributed by atoms with E-state index >= 15 is 0 Å². The van der Waals surface area contributed by atoms with E-state index in [4.69, 9.17) is 13.7 Å². The number of phosphoric ester groups is 1. The van der Waals surface area contributed by atoms with Crippen molar-refractivity contribution in [2.75, 3.05) is 13.2 Å². The molecule has 0 amide bonds. The van der Waals surface area contributed by atoms with Gasteiger partial charge in [0.2, 0.25) is 0 Å². The fourth-order valence-electron chi connectivity index (χ4n) is 1.79. The Balaban J connectivity index is 2.25. The van der Waals surface area contributed by atoms with Crippen molar-refractivity contribution in [1.82, 2.24) is 5.17 Å². The summed E-state index contributed by atoms with van der Waals surface area (Å²) >= 11 is 0. The molecular weight excluding hydrogens is 297 g/mol. The normalized spacial score (nSPS) is 17.6. The van der Waals surface area contributed by atoms with Gasteiger partial charge in [-0.15, -0.1) is 14.9 Å². The number of nitrogens with zero attached hydrogens (tertiary/aromatic N) is 3. The lowest BCUT2D eigenvalue weighted by atomic mass is 10.1. The minimum atomic E-state index is -3.84. The summed E-state index contributed by atoms with van der Waals surface area (Å²) in [6, 6.07) is 6.11. The fourth-order valence-corrected chi connectivity index (χ4v) is 2.93. The highest BCUT2D eigenvalue weighted by molar-refractivity contribution is 7.48. The van der Waals surface area contributed by atoms with Crippen molar-refractivity contribution in [2.24, 2.45) is 10.3 Å². The molecule has 0 spiro atoms. The molecule has 2 rings (SSSR count). The third-order valence-corrected chi connectivity index (χ3v) is 4.14. The molecule has 1 aliphatic rings. The van der Waals surface area contributed by atoms with Crippen LogP contribution in [0, 0.1) is 0 Å². The van der Waals surface area contributed by atoms with E-state index in [2.05, 4.69) is 10.3 Å².